The zero-order valence-electron chi connectivity index (χ0n) is 28.5. The van der Waals surface area contributed by atoms with E-state index in [9.17, 15) is 0 Å². The Morgan fingerprint density at radius 1 is 0.453 bits per heavy atom. The number of hydrogen-bond acceptors (Lipinski definition) is 3. The van der Waals surface area contributed by atoms with E-state index >= 15 is 0 Å². The van der Waals surface area contributed by atoms with Crippen molar-refractivity contribution < 1.29 is 4.74 Å². The number of nitrogens with zero attached hydrogens (tertiary/aromatic N) is 4. The zero-order valence-corrected chi connectivity index (χ0v) is 28.5. The van der Waals surface area contributed by atoms with Gasteiger partial charge in [0.1, 0.15) is 22.8 Å². The Hall–Kier alpha value is -7.24. The molecule has 0 aliphatic carbocycles. The van der Waals surface area contributed by atoms with Gasteiger partial charge in [0.15, 0.2) is 0 Å². The van der Waals surface area contributed by atoms with Crippen molar-refractivity contribution in [3.8, 4) is 45.0 Å². The number of para-hydroxylation sites is 1. The fraction of sp³-hybridized carbons (Fsp3) is 0. The molecule has 0 aliphatic rings. The zero-order chi connectivity index (χ0) is 34.9. The predicted molar refractivity (Wildman–Crippen MR) is 217 cm³/mol. The largest absolute Gasteiger partial charge is 0.457 e. The number of pyridine rings is 2. The standard InChI is InChI=1S/C48H30N4O/c1-4-12-31(13-5-1)36-24-25-43-46(45(36)33-16-8-3-9-17-33)39-23-21-35(29-41(39)47-49-26-27-51(43)47)53-34-20-22-37-38-18-10-11-19-42(38)52-44(32-14-6-2-7-15-32)30-50-48(52)40(37)28-34/h1-30H. The van der Waals surface area contributed by atoms with Crippen LogP contribution in [0.2, 0.25) is 0 Å². The highest BCUT2D eigenvalue weighted by atomic mass is 16.5. The number of benzene rings is 7. The third-order valence-corrected chi connectivity index (χ3v) is 10.5. The van der Waals surface area contributed by atoms with Gasteiger partial charge in [0.25, 0.3) is 0 Å². The average Bonchev–Trinajstić information content (AvgIpc) is 3.91. The topological polar surface area (TPSA) is 43.8 Å². The first-order chi connectivity index (χ1) is 26.3. The summed E-state index contributed by atoms with van der Waals surface area (Å²) >= 11 is 0. The molecule has 4 heterocycles. The first-order valence-corrected chi connectivity index (χ1v) is 17.8. The van der Waals surface area contributed by atoms with Gasteiger partial charge in [0, 0.05) is 39.5 Å². The van der Waals surface area contributed by atoms with Crippen molar-refractivity contribution in [3.63, 3.8) is 0 Å². The average molecular weight is 679 g/mol. The highest BCUT2D eigenvalue weighted by molar-refractivity contribution is 6.20. The minimum Gasteiger partial charge on any atom is -0.457 e. The molecule has 4 aromatic heterocycles. The Bertz CT molecular complexity index is 3180. The number of rotatable bonds is 5. The highest BCUT2D eigenvalue weighted by Gasteiger charge is 2.19. The van der Waals surface area contributed by atoms with E-state index in [0.717, 1.165) is 66.6 Å². The number of imidazole rings is 2. The summed E-state index contributed by atoms with van der Waals surface area (Å²) in [5.74, 6) is 1.49. The van der Waals surface area contributed by atoms with Crippen LogP contribution in [0.15, 0.2) is 182 Å². The van der Waals surface area contributed by atoms with E-state index in [-0.39, 0.29) is 0 Å². The van der Waals surface area contributed by atoms with E-state index < -0.39 is 0 Å². The Labute approximate surface area is 304 Å². The second-order valence-corrected chi connectivity index (χ2v) is 13.4. The van der Waals surface area contributed by atoms with Gasteiger partial charge in [-0.2, -0.15) is 0 Å². The molecule has 0 saturated carbocycles. The molecule has 0 N–H and O–H groups in total. The smallest absolute Gasteiger partial charge is 0.145 e. The van der Waals surface area contributed by atoms with E-state index in [1.54, 1.807) is 0 Å². The summed E-state index contributed by atoms with van der Waals surface area (Å²) in [5, 5.41) is 6.67. The molecule has 0 atom stereocenters. The van der Waals surface area contributed by atoms with E-state index in [1.807, 2.05) is 18.5 Å². The van der Waals surface area contributed by atoms with E-state index in [1.165, 1.54) is 33.0 Å². The lowest BCUT2D eigenvalue weighted by Gasteiger charge is -2.18. The molecular weight excluding hydrogens is 649 g/mol. The molecule has 53 heavy (non-hydrogen) atoms. The first-order valence-electron chi connectivity index (χ1n) is 17.8. The van der Waals surface area contributed by atoms with Gasteiger partial charge >= 0.3 is 0 Å². The van der Waals surface area contributed by atoms with Gasteiger partial charge in [-0.3, -0.25) is 8.80 Å². The van der Waals surface area contributed by atoms with Gasteiger partial charge in [-0.1, -0.05) is 115 Å². The summed E-state index contributed by atoms with van der Waals surface area (Å²) in [4.78, 5) is 9.83. The molecule has 0 aliphatic heterocycles. The van der Waals surface area contributed by atoms with Crippen molar-refractivity contribution in [1.82, 2.24) is 18.8 Å². The summed E-state index contributed by atoms with van der Waals surface area (Å²) in [6.45, 7) is 0. The number of hydrogen-bond donors (Lipinski definition) is 0. The van der Waals surface area contributed by atoms with E-state index in [2.05, 4.69) is 173 Å². The monoisotopic (exact) mass is 678 g/mol. The lowest BCUT2D eigenvalue weighted by atomic mass is 9.89. The maximum atomic E-state index is 6.72. The molecule has 11 aromatic rings. The molecule has 11 rings (SSSR count). The van der Waals surface area contributed by atoms with Crippen molar-refractivity contribution in [1.29, 1.82) is 0 Å². The van der Waals surface area contributed by atoms with Crippen LogP contribution in [0.25, 0.3) is 88.2 Å². The minimum atomic E-state index is 0.742. The van der Waals surface area contributed by atoms with Crippen molar-refractivity contribution in [2.75, 3.05) is 0 Å². The maximum absolute atomic E-state index is 6.72. The maximum Gasteiger partial charge on any atom is 0.145 e. The summed E-state index contributed by atoms with van der Waals surface area (Å²) in [6, 6.07) is 57.5. The molecule has 0 saturated heterocycles. The van der Waals surface area contributed by atoms with Gasteiger partial charge < -0.3 is 4.74 Å². The quantitative estimate of drug-likeness (QED) is 0.170. The summed E-state index contributed by atoms with van der Waals surface area (Å²) in [6.07, 6.45) is 5.90. The lowest BCUT2D eigenvalue weighted by molar-refractivity contribution is 0.484. The van der Waals surface area contributed by atoms with Crippen molar-refractivity contribution in [2.45, 2.75) is 0 Å². The van der Waals surface area contributed by atoms with Crippen LogP contribution < -0.4 is 4.74 Å². The SMILES string of the molecule is c1ccc(-c2ccc3c(c2-c2ccccc2)c2ccc(Oc4ccc5c6ccccc6n6c(-c7ccccc7)cnc6c5c4)cc2c2nccn32)cc1. The van der Waals surface area contributed by atoms with Crippen LogP contribution >= 0.6 is 0 Å². The van der Waals surface area contributed by atoms with E-state index in [4.69, 9.17) is 14.7 Å². The third kappa shape index (κ3) is 4.57. The molecule has 0 radical (unpaired) electrons. The number of fused-ring (bicyclic) bond motifs is 12. The van der Waals surface area contributed by atoms with Crippen molar-refractivity contribution in [2.24, 2.45) is 0 Å². The molecule has 5 nitrogen and oxygen atoms in total. The summed E-state index contributed by atoms with van der Waals surface area (Å²) < 4.78 is 11.2. The lowest BCUT2D eigenvalue weighted by Crippen LogP contribution is -1.96. The second kappa shape index (κ2) is 11.7. The van der Waals surface area contributed by atoms with Crippen LogP contribution in [-0.2, 0) is 0 Å². The molecule has 248 valence electrons. The fourth-order valence-corrected chi connectivity index (χ4v) is 8.15. The Morgan fingerprint density at radius 2 is 1.09 bits per heavy atom. The molecule has 0 unspecified atom stereocenters. The van der Waals surface area contributed by atoms with Gasteiger partial charge in [-0.25, -0.2) is 9.97 Å². The van der Waals surface area contributed by atoms with Crippen LogP contribution in [0.3, 0.4) is 0 Å². The van der Waals surface area contributed by atoms with Gasteiger partial charge in [0.05, 0.1) is 22.9 Å². The summed E-state index contributed by atoms with van der Waals surface area (Å²) in [7, 11) is 0. The van der Waals surface area contributed by atoms with Crippen molar-refractivity contribution >= 4 is 54.6 Å². The fourth-order valence-electron chi connectivity index (χ4n) is 8.15. The van der Waals surface area contributed by atoms with Crippen LogP contribution in [-0.4, -0.2) is 18.8 Å². The summed E-state index contributed by atoms with van der Waals surface area (Å²) in [5.41, 5.74) is 10.9. The van der Waals surface area contributed by atoms with Crippen molar-refractivity contribution in [3.05, 3.63) is 182 Å². The number of ether oxygens (including phenoxy) is 1. The predicted octanol–water partition coefficient (Wildman–Crippen LogP) is 12.4. The van der Waals surface area contributed by atoms with Gasteiger partial charge in [-0.15, -0.1) is 0 Å². The van der Waals surface area contributed by atoms with Gasteiger partial charge in [0.2, 0.25) is 0 Å². The molecule has 0 bridgehead atoms. The van der Waals surface area contributed by atoms with Crippen LogP contribution in [0.1, 0.15) is 0 Å². The Morgan fingerprint density at radius 3 is 1.85 bits per heavy atom. The molecule has 0 spiro atoms. The molecule has 5 heteroatoms. The second-order valence-electron chi connectivity index (χ2n) is 13.4. The third-order valence-electron chi connectivity index (χ3n) is 10.5. The van der Waals surface area contributed by atoms with E-state index in [0.29, 0.717) is 0 Å². The minimum absolute atomic E-state index is 0.742. The molecule has 7 aromatic carbocycles. The Balaban J connectivity index is 1.11. The molecule has 0 fully saturated rings. The van der Waals surface area contributed by atoms with Gasteiger partial charge in [-0.05, 0) is 81.6 Å². The number of aromatic nitrogens is 4. The van der Waals surface area contributed by atoms with Crippen LogP contribution in [0.4, 0.5) is 0 Å². The molecule has 0 amide bonds. The first kappa shape index (κ1) is 29.5. The normalized spacial score (nSPS) is 11.8. The van der Waals surface area contributed by atoms with Crippen LogP contribution in [0, 0.1) is 0 Å². The van der Waals surface area contributed by atoms with Crippen LogP contribution in [0.5, 0.6) is 11.5 Å². The Kier molecular flexibility index (Phi) is 6.48. The molecular formula is C48H30N4O. The highest BCUT2D eigenvalue weighted by Crippen LogP contribution is 2.43.